The van der Waals surface area contributed by atoms with Crippen LogP contribution in [0.1, 0.15) is 28.3 Å². The highest BCUT2D eigenvalue weighted by Crippen LogP contribution is 2.35. The van der Waals surface area contributed by atoms with E-state index in [-0.39, 0.29) is 12.5 Å². The normalized spacial score (nSPS) is 14.4. The number of benzene rings is 1. The number of aliphatic hydroxyl groups excluding tert-OH is 1. The van der Waals surface area contributed by atoms with Crippen LogP contribution in [0.4, 0.5) is 16.0 Å². The molecule has 3 aromatic heterocycles. The lowest BCUT2D eigenvalue weighted by molar-refractivity contribution is 0.281. The number of pyridine rings is 2. The first-order chi connectivity index (χ1) is 15.5. The van der Waals surface area contributed by atoms with Crippen molar-refractivity contribution in [3.05, 3.63) is 70.9 Å². The molecule has 0 spiro atoms. The van der Waals surface area contributed by atoms with E-state index in [2.05, 4.69) is 26.3 Å². The molecule has 0 saturated carbocycles. The van der Waals surface area contributed by atoms with Crippen LogP contribution >= 0.6 is 0 Å². The van der Waals surface area contributed by atoms with Gasteiger partial charge in [0, 0.05) is 53.9 Å². The largest absolute Gasteiger partial charge is 0.392 e. The molecule has 0 bridgehead atoms. The van der Waals surface area contributed by atoms with Gasteiger partial charge in [-0.2, -0.15) is 4.98 Å². The fourth-order valence-corrected chi connectivity index (χ4v) is 4.07. The zero-order chi connectivity index (χ0) is 22.2. The quantitative estimate of drug-likeness (QED) is 0.384. The molecule has 0 atom stereocenters. The second-order valence-electron chi connectivity index (χ2n) is 7.97. The zero-order valence-corrected chi connectivity index (χ0v) is 17.9. The van der Waals surface area contributed by atoms with Gasteiger partial charge < -0.3 is 10.4 Å². The lowest BCUT2D eigenvalue weighted by Gasteiger charge is -2.16. The summed E-state index contributed by atoms with van der Waals surface area (Å²) in [6.07, 6.45) is 3.59. The molecule has 0 amide bonds. The maximum absolute atomic E-state index is 15.1. The summed E-state index contributed by atoms with van der Waals surface area (Å²) in [4.78, 5) is 9.03. The molecule has 5 rings (SSSR count). The molecule has 32 heavy (non-hydrogen) atoms. The summed E-state index contributed by atoms with van der Waals surface area (Å²) in [6, 6.07) is 8.65. The highest BCUT2D eigenvalue weighted by atomic mass is 19.1. The summed E-state index contributed by atoms with van der Waals surface area (Å²) in [5, 5.41) is 17.2. The Morgan fingerprint density at radius 1 is 1.19 bits per heavy atom. The Balaban J connectivity index is 1.66. The number of hydrogen-bond donors (Lipinski definition) is 4. The number of aliphatic hydroxyl groups is 1. The number of nitrogens with zero attached hydrogens (tertiary/aromatic N) is 4. The van der Waals surface area contributed by atoms with E-state index in [1.165, 1.54) is 6.07 Å². The molecule has 4 heterocycles. The lowest BCUT2D eigenvalue weighted by Crippen LogP contribution is -2.21. The van der Waals surface area contributed by atoms with Crippen LogP contribution in [0.5, 0.6) is 0 Å². The molecular formula is C23H24FN7O. The SMILES string of the molecule is Cc1nccc(Nc2nc3c(-c4ccc(CO)cc4F)c(C4CNNC4)ccn3n2)c1C. The van der Waals surface area contributed by atoms with Crippen molar-refractivity contribution in [2.45, 2.75) is 26.4 Å². The first-order valence-electron chi connectivity index (χ1n) is 10.5. The van der Waals surface area contributed by atoms with Crippen molar-refractivity contribution in [2.75, 3.05) is 18.4 Å². The molecule has 0 aliphatic carbocycles. The van der Waals surface area contributed by atoms with Crippen molar-refractivity contribution >= 4 is 17.3 Å². The number of aromatic nitrogens is 4. The van der Waals surface area contributed by atoms with Crippen molar-refractivity contribution in [1.82, 2.24) is 30.4 Å². The van der Waals surface area contributed by atoms with E-state index >= 15 is 4.39 Å². The van der Waals surface area contributed by atoms with E-state index in [1.54, 1.807) is 22.8 Å². The Bertz CT molecular complexity index is 1300. The van der Waals surface area contributed by atoms with Crippen molar-refractivity contribution in [3.8, 4) is 11.1 Å². The molecule has 1 fully saturated rings. The maximum atomic E-state index is 15.1. The minimum Gasteiger partial charge on any atom is -0.392 e. The molecule has 164 valence electrons. The molecule has 0 unspecified atom stereocenters. The third-order valence-corrected chi connectivity index (χ3v) is 5.99. The summed E-state index contributed by atoms with van der Waals surface area (Å²) >= 11 is 0. The molecule has 1 aromatic carbocycles. The Hall–Kier alpha value is -3.40. The van der Waals surface area contributed by atoms with Gasteiger partial charge in [0.05, 0.1) is 6.61 Å². The van der Waals surface area contributed by atoms with Gasteiger partial charge in [-0.05, 0) is 48.7 Å². The number of aryl methyl sites for hydroxylation is 1. The number of hydrogen-bond acceptors (Lipinski definition) is 7. The summed E-state index contributed by atoms with van der Waals surface area (Å²) < 4.78 is 16.8. The summed E-state index contributed by atoms with van der Waals surface area (Å²) in [5.74, 6) is 0.181. The Labute approximate surface area is 184 Å². The van der Waals surface area contributed by atoms with Gasteiger partial charge >= 0.3 is 0 Å². The second-order valence-corrected chi connectivity index (χ2v) is 7.97. The van der Waals surface area contributed by atoms with Crippen molar-refractivity contribution < 1.29 is 9.50 Å². The van der Waals surface area contributed by atoms with Crippen LogP contribution < -0.4 is 16.2 Å². The fourth-order valence-electron chi connectivity index (χ4n) is 4.07. The van der Waals surface area contributed by atoms with Gasteiger partial charge in [0.15, 0.2) is 5.65 Å². The summed E-state index contributed by atoms with van der Waals surface area (Å²) in [5.41, 5.74) is 12.3. The third-order valence-electron chi connectivity index (χ3n) is 5.99. The maximum Gasteiger partial charge on any atom is 0.247 e. The number of halogens is 1. The fraction of sp³-hybridized carbons (Fsp3) is 0.261. The monoisotopic (exact) mass is 433 g/mol. The Morgan fingerprint density at radius 2 is 2.00 bits per heavy atom. The average molecular weight is 433 g/mol. The first kappa shape index (κ1) is 20.5. The highest BCUT2D eigenvalue weighted by Gasteiger charge is 2.25. The molecule has 1 saturated heterocycles. The Kier molecular flexibility index (Phi) is 5.30. The van der Waals surface area contributed by atoms with Gasteiger partial charge in [-0.15, -0.1) is 5.10 Å². The van der Waals surface area contributed by atoms with Crippen LogP contribution in [0.25, 0.3) is 16.8 Å². The highest BCUT2D eigenvalue weighted by molar-refractivity contribution is 5.82. The molecule has 8 nitrogen and oxygen atoms in total. The number of rotatable bonds is 5. The molecule has 4 N–H and O–H groups in total. The number of nitrogens with one attached hydrogen (secondary N) is 3. The lowest BCUT2D eigenvalue weighted by atomic mass is 9.91. The predicted octanol–water partition coefficient (Wildman–Crippen LogP) is 2.97. The van der Waals surface area contributed by atoms with Crippen LogP contribution in [0.15, 0.2) is 42.7 Å². The zero-order valence-electron chi connectivity index (χ0n) is 17.9. The second kappa shape index (κ2) is 8.27. The minimum absolute atomic E-state index is 0.158. The minimum atomic E-state index is -0.400. The van der Waals surface area contributed by atoms with E-state index in [0.717, 1.165) is 35.6 Å². The Morgan fingerprint density at radius 3 is 2.75 bits per heavy atom. The smallest absolute Gasteiger partial charge is 0.247 e. The van der Waals surface area contributed by atoms with Crippen LogP contribution in [0.2, 0.25) is 0 Å². The first-order valence-corrected chi connectivity index (χ1v) is 10.5. The van der Waals surface area contributed by atoms with Crippen LogP contribution in [-0.2, 0) is 6.61 Å². The number of hydrazine groups is 1. The molecular weight excluding hydrogens is 409 g/mol. The summed E-state index contributed by atoms with van der Waals surface area (Å²) in [7, 11) is 0. The van der Waals surface area contributed by atoms with E-state index in [0.29, 0.717) is 28.3 Å². The number of fused-ring (bicyclic) bond motifs is 1. The molecule has 9 heteroatoms. The van der Waals surface area contributed by atoms with Crippen molar-refractivity contribution in [2.24, 2.45) is 0 Å². The van der Waals surface area contributed by atoms with Crippen molar-refractivity contribution in [3.63, 3.8) is 0 Å². The van der Waals surface area contributed by atoms with Gasteiger partial charge in [-0.1, -0.05) is 12.1 Å². The molecule has 0 radical (unpaired) electrons. The van der Waals surface area contributed by atoms with Gasteiger partial charge in [0.2, 0.25) is 5.95 Å². The van der Waals surface area contributed by atoms with E-state index in [4.69, 9.17) is 4.98 Å². The van der Waals surface area contributed by atoms with Crippen LogP contribution in [0.3, 0.4) is 0 Å². The van der Waals surface area contributed by atoms with E-state index < -0.39 is 5.82 Å². The van der Waals surface area contributed by atoms with Gasteiger partial charge in [-0.25, -0.2) is 8.91 Å². The van der Waals surface area contributed by atoms with Gasteiger partial charge in [0.25, 0.3) is 0 Å². The predicted molar refractivity (Wildman–Crippen MR) is 120 cm³/mol. The van der Waals surface area contributed by atoms with Crippen molar-refractivity contribution in [1.29, 1.82) is 0 Å². The van der Waals surface area contributed by atoms with Gasteiger partial charge in [-0.3, -0.25) is 15.8 Å². The standard InChI is InChI=1S/C23H24FN7O/c1-13-14(2)25-7-5-20(13)28-23-29-22-21(18-4-3-15(12-32)9-19(18)24)17(6-8-31(22)30-23)16-10-26-27-11-16/h3-9,16,26-27,32H,10-12H2,1-2H3,(H,25,28,30). The van der Waals surface area contributed by atoms with Crippen LogP contribution in [0, 0.1) is 19.7 Å². The third kappa shape index (κ3) is 3.60. The summed E-state index contributed by atoms with van der Waals surface area (Å²) in [6.45, 7) is 5.18. The topological polar surface area (TPSA) is 99.4 Å². The van der Waals surface area contributed by atoms with E-state index in [1.807, 2.05) is 32.2 Å². The number of anilines is 2. The van der Waals surface area contributed by atoms with E-state index in [9.17, 15) is 5.11 Å². The molecule has 4 aromatic rings. The molecule has 1 aliphatic heterocycles. The van der Waals surface area contributed by atoms with Gasteiger partial charge in [0.1, 0.15) is 5.82 Å². The van der Waals surface area contributed by atoms with Crippen LogP contribution in [-0.4, -0.2) is 37.8 Å². The molecule has 1 aliphatic rings. The average Bonchev–Trinajstić information content (AvgIpc) is 3.46.